The Labute approximate surface area is 185 Å². The fourth-order valence-electron chi connectivity index (χ4n) is 5.13. The Morgan fingerprint density at radius 1 is 1.26 bits per heavy atom. The van der Waals surface area contributed by atoms with E-state index in [4.69, 9.17) is 0 Å². The van der Waals surface area contributed by atoms with Gasteiger partial charge in [-0.05, 0) is 85.8 Å². The number of nitrogens with zero attached hydrogens (tertiary/aromatic N) is 3. The maximum atomic E-state index is 14.3. The van der Waals surface area contributed by atoms with E-state index in [1.807, 2.05) is 13.1 Å². The van der Waals surface area contributed by atoms with Crippen molar-refractivity contribution in [2.75, 3.05) is 19.6 Å². The van der Waals surface area contributed by atoms with Gasteiger partial charge in [0.25, 0.3) is 5.91 Å². The highest BCUT2D eigenvalue weighted by Crippen LogP contribution is 2.48. The van der Waals surface area contributed by atoms with Crippen LogP contribution in [0, 0.1) is 11.2 Å². The molecule has 1 fully saturated rings. The van der Waals surface area contributed by atoms with Gasteiger partial charge in [0.05, 0.1) is 12.4 Å². The number of hydrogen-bond donors (Lipinski definition) is 1. The van der Waals surface area contributed by atoms with Gasteiger partial charge in [-0.1, -0.05) is 26.8 Å². The third-order valence-corrected chi connectivity index (χ3v) is 7.11. The van der Waals surface area contributed by atoms with Crippen LogP contribution in [0.5, 0.6) is 0 Å². The molecule has 2 aromatic rings. The number of aryl methyl sites for hydroxylation is 1. The number of likely N-dealkylation sites (tertiary alicyclic amines) is 1. The summed E-state index contributed by atoms with van der Waals surface area (Å²) < 4.78 is 16.1. The molecular formula is C25H35FN4O. The first-order valence-corrected chi connectivity index (χ1v) is 11.5. The lowest BCUT2D eigenvalue weighted by molar-refractivity contribution is 0.0909. The molecule has 168 valence electrons. The van der Waals surface area contributed by atoms with Gasteiger partial charge in [-0.25, -0.2) is 9.37 Å². The van der Waals surface area contributed by atoms with Gasteiger partial charge in [-0.2, -0.15) is 0 Å². The number of carbonyl (C=O) groups is 1. The molecule has 1 aromatic heterocycles. The molecule has 6 heteroatoms. The van der Waals surface area contributed by atoms with E-state index in [1.165, 1.54) is 12.5 Å². The number of rotatable bonds is 4. The average Bonchev–Trinajstić information content (AvgIpc) is 3.16. The average molecular weight is 427 g/mol. The molecule has 0 unspecified atom stereocenters. The van der Waals surface area contributed by atoms with E-state index >= 15 is 0 Å². The summed E-state index contributed by atoms with van der Waals surface area (Å²) in [5, 5.41) is 3.14. The Kier molecular flexibility index (Phi) is 5.95. The lowest BCUT2D eigenvalue weighted by atomic mass is 9.63. The number of aromatic nitrogens is 2. The van der Waals surface area contributed by atoms with E-state index < -0.39 is 0 Å². The van der Waals surface area contributed by atoms with Crippen LogP contribution < -0.4 is 5.32 Å². The smallest absolute Gasteiger partial charge is 0.271 e. The SMILES string of the molecule is Cn1cnc(C(=O)N[C@@H]2CCC3(CCN(CCC(C)(C)C)CC3)c3cc(F)ccc32)c1. The monoisotopic (exact) mass is 426 g/mol. The lowest BCUT2D eigenvalue weighted by Gasteiger charge is -2.47. The number of halogens is 1. The predicted molar refractivity (Wildman–Crippen MR) is 120 cm³/mol. The molecule has 1 N–H and O–H groups in total. The maximum absolute atomic E-state index is 14.3. The first-order chi connectivity index (χ1) is 14.7. The second kappa shape index (κ2) is 8.38. The first-order valence-electron chi connectivity index (χ1n) is 11.5. The van der Waals surface area contributed by atoms with Crippen LogP contribution in [0.4, 0.5) is 4.39 Å². The van der Waals surface area contributed by atoms with Gasteiger partial charge in [0.1, 0.15) is 11.5 Å². The zero-order chi connectivity index (χ0) is 22.2. The van der Waals surface area contributed by atoms with Gasteiger partial charge in [0.15, 0.2) is 0 Å². The molecule has 5 nitrogen and oxygen atoms in total. The highest BCUT2D eigenvalue weighted by atomic mass is 19.1. The van der Waals surface area contributed by atoms with Gasteiger partial charge in [0, 0.05) is 13.2 Å². The number of piperidine rings is 1. The molecule has 1 aliphatic heterocycles. The maximum Gasteiger partial charge on any atom is 0.271 e. The summed E-state index contributed by atoms with van der Waals surface area (Å²) in [6.45, 7) is 10.1. The van der Waals surface area contributed by atoms with Gasteiger partial charge >= 0.3 is 0 Å². The fourth-order valence-corrected chi connectivity index (χ4v) is 5.13. The molecule has 4 rings (SSSR count). The van der Waals surface area contributed by atoms with Crippen LogP contribution in [0.2, 0.25) is 0 Å². The van der Waals surface area contributed by atoms with Gasteiger partial charge in [-0.3, -0.25) is 4.79 Å². The highest BCUT2D eigenvalue weighted by Gasteiger charge is 2.42. The van der Waals surface area contributed by atoms with Crippen LogP contribution in [0.25, 0.3) is 0 Å². The number of amides is 1. The zero-order valence-electron chi connectivity index (χ0n) is 19.2. The van der Waals surface area contributed by atoms with Crippen molar-refractivity contribution in [1.82, 2.24) is 19.8 Å². The van der Waals surface area contributed by atoms with Crippen LogP contribution in [0.3, 0.4) is 0 Å². The molecule has 0 bridgehead atoms. The quantitative estimate of drug-likeness (QED) is 0.778. The summed E-state index contributed by atoms with van der Waals surface area (Å²) in [6.07, 6.45) is 8.48. The Morgan fingerprint density at radius 2 is 2.00 bits per heavy atom. The van der Waals surface area contributed by atoms with Gasteiger partial charge in [0.2, 0.25) is 0 Å². The van der Waals surface area contributed by atoms with Crippen LogP contribution in [-0.2, 0) is 12.5 Å². The van der Waals surface area contributed by atoms with Crippen molar-refractivity contribution >= 4 is 5.91 Å². The Morgan fingerprint density at radius 3 is 2.65 bits per heavy atom. The Bertz CT molecular complexity index is 937. The second-order valence-electron chi connectivity index (χ2n) is 10.7. The van der Waals surface area contributed by atoms with Crippen molar-refractivity contribution in [3.05, 3.63) is 53.4 Å². The van der Waals surface area contributed by atoms with Crippen molar-refractivity contribution in [1.29, 1.82) is 0 Å². The summed E-state index contributed by atoms with van der Waals surface area (Å²) in [5.74, 6) is -0.362. The molecule has 1 atom stereocenters. The van der Waals surface area contributed by atoms with E-state index in [-0.39, 0.29) is 23.2 Å². The van der Waals surface area contributed by atoms with E-state index in [1.54, 1.807) is 23.2 Å². The lowest BCUT2D eigenvalue weighted by Crippen LogP contribution is -2.46. The molecule has 0 saturated carbocycles. The van der Waals surface area contributed by atoms with Crippen molar-refractivity contribution in [2.24, 2.45) is 12.5 Å². The third-order valence-electron chi connectivity index (χ3n) is 7.11. The molecule has 1 spiro atoms. The molecule has 1 aromatic carbocycles. The van der Waals surface area contributed by atoms with Crippen molar-refractivity contribution < 1.29 is 9.18 Å². The topological polar surface area (TPSA) is 50.2 Å². The van der Waals surface area contributed by atoms with Crippen LogP contribution in [0.1, 0.15) is 80.5 Å². The number of fused-ring (bicyclic) bond motifs is 2. The summed E-state index contributed by atoms with van der Waals surface area (Å²) in [7, 11) is 1.85. The minimum atomic E-state index is -0.190. The molecule has 2 heterocycles. The molecular weight excluding hydrogens is 391 g/mol. The van der Waals surface area contributed by atoms with Gasteiger partial charge < -0.3 is 14.8 Å². The standard InChI is InChI=1S/C25H35FN4O/c1-24(2,3)9-12-30-13-10-25(11-14-30)8-7-21(19-6-5-18(26)15-20(19)25)28-23(31)22-16-29(4)17-27-22/h5-6,15-17,21H,7-14H2,1-4H3,(H,28,31)/t21-/m1/s1. The van der Waals surface area contributed by atoms with E-state index in [9.17, 15) is 9.18 Å². The summed E-state index contributed by atoms with van der Waals surface area (Å²) >= 11 is 0. The minimum Gasteiger partial charge on any atom is -0.344 e. The summed E-state index contributed by atoms with van der Waals surface area (Å²) in [6, 6.07) is 5.02. The van der Waals surface area contributed by atoms with E-state index in [0.29, 0.717) is 11.1 Å². The third kappa shape index (κ3) is 4.84. The summed E-state index contributed by atoms with van der Waals surface area (Å²) in [5.41, 5.74) is 2.94. The first kappa shape index (κ1) is 22.0. The number of carbonyl (C=O) groups excluding carboxylic acids is 1. The zero-order valence-corrected chi connectivity index (χ0v) is 19.2. The Balaban J connectivity index is 1.50. The molecule has 1 amide bonds. The van der Waals surface area contributed by atoms with Crippen molar-refractivity contribution in [3.8, 4) is 0 Å². The minimum absolute atomic E-state index is 0.0158. The van der Waals surface area contributed by atoms with Crippen LogP contribution in [0.15, 0.2) is 30.7 Å². The number of benzene rings is 1. The molecule has 31 heavy (non-hydrogen) atoms. The second-order valence-corrected chi connectivity index (χ2v) is 10.7. The van der Waals surface area contributed by atoms with Crippen molar-refractivity contribution in [3.63, 3.8) is 0 Å². The van der Waals surface area contributed by atoms with Gasteiger partial charge in [-0.15, -0.1) is 0 Å². The van der Waals surface area contributed by atoms with E-state index in [2.05, 4.69) is 36.0 Å². The number of nitrogens with one attached hydrogen (secondary N) is 1. The van der Waals surface area contributed by atoms with Crippen LogP contribution in [-0.4, -0.2) is 40.0 Å². The number of imidazole rings is 1. The summed E-state index contributed by atoms with van der Waals surface area (Å²) in [4.78, 5) is 19.4. The van der Waals surface area contributed by atoms with Crippen LogP contribution >= 0.6 is 0 Å². The van der Waals surface area contributed by atoms with E-state index in [0.717, 1.165) is 56.4 Å². The fraction of sp³-hybridized carbons (Fsp3) is 0.600. The van der Waals surface area contributed by atoms with Crippen molar-refractivity contribution in [2.45, 2.75) is 64.3 Å². The molecule has 1 saturated heterocycles. The highest BCUT2D eigenvalue weighted by molar-refractivity contribution is 5.92. The molecule has 1 aliphatic carbocycles. The predicted octanol–water partition coefficient (Wildman–Crippen LogP) is 4.59. The normalized spacial score (nSPS) is 21.1. The Hall–Kier alpha value is -2.21. The number of hydrogen-bond acceptors (Lipinski definition) is 3. The molecule has 2 aliphatic rings. The largest absolute Gasteiger partial charge is 0.344 e. The molecule has 0 radical (unpaired) electrons.